The fraction of sp³-hybridized carbons (Fsp3) is 0.828. The molecule has 0 saturated heterocycles. The lowest BCUT2D eigenvalue weighted by Gasteiger charge is -2.47. The SMILES string of the molecule is C=C(C)C(=O)OCCN(C(=O)NC1CC(C)(C)CC(C)(CNC(=O)OCCCCC(C)(C)OCCCCC(C)(C)OC(=O)NCC2(C)CC(NC(=O)N(CCOC(=O)C(=C)C)C(C)(C)C)CC(C)(C)C2)C1)C(C)(C)C. The van der Waals surface area contributed by atoms with Gasteiger partial charge >= 0.3 is 36.2 Å². The third kappa shape index (κ3) is 25.4. The normalized spacial score (nSPS) is 21.6. The van der Waals surface area contributed by atoms with Gasteiger partial charge in [-0.3, -0.25) is 0 Å². The number of carbonyl (C=O) groups excluding carboxylic acids is 6. The zero-order chi connectivity index (χ0) is 57.4. The van der Waals surface area contributed by atoms with Crippen molar-refractivity contribution in [1.82, 2.24) is 31.1 Å². The Morgan fingerprint density at radius 2 is 0.907 bits per heavy atom. The van der Waals surface area contributed by atoms with Crippen LogP contribution in [0.3, 0.4) is 0 Å². The Balaban J connectivity index is 1.74. The molecule has 0 radical (unpaired) electrons. The maximum Gasteiger partial charge on any atom is 0.407 e. The number of esters is 2. The molecule has 4 unspecified atom stereocenters. The summed E-state index contributed by atoms with van der Waals surface area (Å²) >= 11 is 0. The van der Waals surface area contributed by atoms with Crippen molar-refractivity contribution in [2.75, 3.05) is 52.6 Å². The molecule has 0 aromatic carbocycles. The number of hydrogen-bond donors (Lipinski definition) is 4. The Morgan fingerprint density at radius 1 is 0.520 bits per heavy atom. The van der Waals surface area contributed by atoms with Gasteiger partial charge in [0.25, 0.3) is 0 Å². The second kappa shape index (κ2) is 27.7. The summed E-state index contributed by atoms with van der Waals surface area (Å²) in [5.41, 5.74) is -2.16. The number of ether oxygens (including phenoxy) is 5. The van der Waals surface area contributed by atoms with Crippen LogP contribution in [0.1, 0.15) is 202 Å². The van der Waals surface area contributed by atoms with Gasteiger partial charge in [0.05, 0.1) is 25.3 Å². The Morgan fingerprint density at radius 3 is 1.31 bits per heavy atom. The highest BCUT2D eigenvalue weighted by molar-refractivity contribution is 5.87. The number of carbonyl (C=O) groups is 6. The molecule has 4 atom stereocenters. The molecule has 2 fully saturated rings. The second-order valence-electron chi connectivity index (χ2n) is 27.4. The third-order valence-electron chi connectivity index (χ3n) is 14.2. The molecule has 0 bridgehead atoms. The average Bonchev–Trinajstić information content (AvgIpc) is 3.22. The van der Waals surface area contributed by atoms with E-state index in [1.165, 1.54) is 0 Å². The largest absolute Gasteiger partial charge is 0.460 e. The van der Waals surface area contributed by atoms with Crippen LogP contribution in [0.25, 0.3) is 0 Å². The highest BCUT2D eigenvalue weighted by atomic mass is 16.6. The molecular formula is C58H104N6O11. The van der Waals surface area contributed by atoms with Gasteiger partial charge in [0.15, 0.2) is 0 Å². The lowest BCUT2D eigenvalue weighted by molar-refractivity contribution is -0.140. The van der Waals surface area contributed by atoms with Crippen LogP contribution >= 0.6 is 0 Å². The number of alkyl carbamates (subject to hydrolysis) is 2. The first-order valence-electron chi connectivity index (χ1n) is 27.5. The summed E-state index contributed by atoms with van der Waals surface area (Å²) in [4.78, 5) is 80.6. The number of nitrogens with zero attached hydrogens (tertiary/aromatic N) is 2. The molecule has 0 aliphatic heterocycles. The molecule has 0 spiro atoms. The summed E-state index contributed by atoms with van der Waals surface area (Å²) in [7, 11) is 0. The van der Waals surface area contributed by atoms with Crippen molar-refractivity contribution in [2.45, 2.75) is 236 Å². The van der Waals surface area contributed by atoms with Crippen LogP contribution in [0, 0.1) is 21.7 Å². The molecule has 17 nitrogen and oxygen atoms in total. The monoisotopic (exact) mass is 1060 g/mol. The summed E-state index contributed by atoms with van der Waals surface area (Å²) in [5.74, 6) is -0.964. The Kier molecular flexibility index (Phi) is 24.6. The maximum atomic E-state index is 13.7. The van der Waals surface area contributed by atoms with Gasteiger partial charge in [-0.2, -0.15) is 0 Å². The van der Waals surface area contributed by atoms with Gasteiger partial charge in [0.1, 0.15) is 18.8 Å². The topological polar surface area (TPSA) is 203 Å². The van der Waals surface area contributed by atoms with Gasteiger partial charge in [0.2, 0.25) is 0 Å². The van der Waals surface area contributed by atoms with Crippen LogP contribution in [0.4, 0.5) is 19.2 Å². The molecule has 2 rings (SSSR count). The fourth-order valence-corrected chi connectivity index (χ4v) is 11.3. The summed E-state index contributed by atoms with van der Waals surface area (Å²) in [6.07, 6.45) is 8.38. The summed E-state index contributed by atoms with van der Waals surface area (Å²) < 4.78 is 28.4. The maximum absolute atomic E-state index is 13.7. The molecular weight excluding hydrogens is 957 g/mol. The van der Waals surface area contributed by atoms with E-state index in [9.17, 15) is 28.8 Å². The molecule has 0 aromatic rings. The molecule has 4 N–H and O–H groups in total. The van der Waals surface area contributed by atoms with Crippen LogP contribution < -0.4 is 21.3 Å². The number of amides is 6. The minimum atomic E-state index is -0.685. The number of hydrogen-bond acceptors (Lipinski definition) is 11. The highest BCUT2D eigenvalue weighted by Crippen LogP contribution is 2.47. The quantitative estimate of drug-likeness (QED) is 0.0278. The molecule has 0 heterocycles. The summed E-state index contributed by atoms with van der Waals surface area (Å²) in [5, 5.41) is 12.5. The van der Waals surface area contributed by atoms with Crippen molar-refractivity contribution in [3.05, 3.63) is 24.3 Å². The van der Waals surface area contributed by atoms with Crippen LogP contribution in [-0.2, 0) is 33.3 Å². The van der Waals surface area contributed by atoms with E-state index in [4.69, 9.17) is 23.7 Å². The lowest BCUT2D eigenvalue weighted by atomic mass is 9.62. The van der Waals surface area contributed by atoms with Crippen LogP contribution in [0.2, 0.25) is 0 Å². The summed E-state index contributed by atoms with van der Waals surface area (Å²) in [6.45, 7) is 45.4. The van der Waals surface area contributed by atoms with E-state index in [0.717, 1.165) is 51.4 Å². The van der Waals surface area contributed by atoms with Crippen molar-refractivity contribution in [1.29, 1.82) is 0 Å². The van der Waals surface area contributed by atoms with Gasteiger partial charge < -0.3 is 54.8 Å². The molecule has 432 valence electrons. The predicted octanol–water partition coefficient (Wildman–Crippen LogP) is 11.4. The zero-order valence-corrected chi connectivity index (χ0v) is 50.1. The number of rotatable bonds is 26. The van der Waals surface area contributed by atoms with E-state index in [0.29, 0.717) is 63.1 Å². The first-order chi connectivity index (χ1) is 34.2. The van der Waals surface area contributed by atoms with E-state index in [-0.39, 0.29) is 77.7 Å². The van der Waals surface area contributed by atoms with E-state index < -0.39 is 40.8 Å². The third-order valence-corrected chi connectivity index (χ3v) is 14.2. The van der Waals surface area contributed by atoms with Crippen molar-refractivity contribution >= 4 is 36.2 Å². The molecule has 6 amide bonds. The average molecular weight is 1060 g/mol. The standard InChI is InChI=1S/C58H104N6O11/c1-41(2)45(65)71-31-27-63(51(5,6)7)47(67)61-43-33-53(11,12)37-57(19,35-43)39-59-49(69)73-29-23-21-25-55(15,16)74-30-24-22-26-56(17,18)75-50(70)60-40-58(20)36-44(34-54(13,14)38-58)62-48(68)64(52(8,9)10)28-32-72-46(66)42(3)4/h43-44H,1,3,21-40H2,2,4-20H3,(H,59,69)(H,60,70)(H,61,67)(H,62,68). The predicted molar refractivity (Wildman–Crippen MR) is 296 cm³/mol. The van der Waals surface area contributed by atoms with E-state index >= 15 is 0 Å². The minimum Gasteiger partial charge on any atom is -0.460 e. The highest BCUT2D eigenvalue weighted by Gasteiger charge is 2.44. The molecule has 2 aliphatic rings. The zero-order valence-electron chi connectivity index (χ0n) is 50.1. The van der Waals surface area contributed by atoms with Crippen molar-refractivity contribution in [2.24, 2.45) is 21.7 Å². The van der Waals surface area contributed by atoms with E-state index in [2.05, 4.69) is 89.8 Å². The minimum absolute atomic E-state index is 0.0670. The molecule has 2 saturated carbocycles. The second-order valence-corrected chi connectivity index (χ2v) is 27.4. The first-order valence-corrected chi connectivity index (χ1v) is 27.5. The Hall–Kier alpha value is -4.54. The Bertz CT molecular complexity index is 1950. The van der Waals surface area contributed by atoms with Gasteiger partial charge in [-0.15, -0.1) is 0 Å². The number of urea groups is 2. The van der Waals surface area contributed by atoms with Crippen LogP contribution in [0.15, 0.2) is 24.3 Å². The molecule has 75 heavy (non-hydrogen) atoms. The number of nitrogens with one attached hydrogen (secondary N) is 4. The van der Waals surface area contributed by atoms with Crippen molar-refractivity contribution in [3.63, 3.8) is 0 Å². The van der Waals surface area contributed by atoms with Crippen LogP contribution in [0.5, 0.6) is 0 Å². The fourth-order valence-electron chi connectivity index (χ4n) is 11.3. The van der Waals surface area contributed by atoms with Crippen LogP contribution in [-0.4, -0.2) is 133 Å². The van der Waals surface area contributed by atoms with Crippen molar-refractivity contribution in [3.8, 4) is 0 Å². The van der Waals surface area contributed by atoms with Gasteiger partial charge in [-0.1, -0.05) is 54.7 Å². The van der Waals surface area contributed by atoms with E-state index in [1.54, 1.807) is 23.6 Å². The van der Waals surface area contributed by atoms with Gasteiger partial charge in [-0.25, -0.2) is 28.8 Å². The molecule has 17 heteroatoms. The molecule has 2 aliphatic carbocycles. The molecule has 0 aromatic heterocycles. The van der Waals surface area contributed by atoms with Gasteiger partial charge in [-0.05, 0) is 182 Å². The van der Waals surface area contributed by atoms with Gasteiger partial charge in [0, 0.05) is 54.0 Å². The summed E-state index contributed by atoms with van der Waals surface area (Å²) in [6, 6.07) is -0.669. The number of unbranched alkanes of at least 4 members (excludes halogenated alkanes) is 2. The Labute approximate surface area is 452 Å². The first kappa shape index (κ1) is 66.6. The van der Waals surface area contributed by atoms with E-state index in [1.807, 2.05) is 55.4 Å². The van der Waals surface area contributed by atoms with Crippen molar-refractivity contribution < 1.29 is 52.5 Å². The lowest BCUT2D eigenvalue weighted by Crippen LogP contribution is -2.57. The smallest absolute Gasteiger partial charge is 0.407 e.